The Balaban J connectivity index is 1.30. The third-order valence-electron chi connectivity index (χ3n) is 5.96. The molecule has 6 heteroatoms. The number of nitrogens with zero attached hydrogens (tertiary/aromatic N) is 5. The van der Waals surface area contributed by atoms with E-state index in [1.165, 1.54) is 37.4 Å². The number of hydrogen-bond donors (Lipinski definition) is 0. The smallest absolute Gasteiger partial charge is 0.108 e. The number of rotatable bonds is 5. The summed E-state index contributed by atoms with van der Waals surface area (Å²) in [7, 11) is 4.10. The molecule has 0 unspecified atom stereocenters. The topological polar surface area (TPSA) is 48.1 Å². The first kappa shape index (κ1) is 16.8. The van der Waals surface area contributed by atoms with Crippen LogP contribution >= 0.6 is 0 Å². The summed E-state index contributed by atoms with van der Waals surface area (Å²) in [5, 5.41) is 4.31. The molecule has 0 amide bonds. The van der Waals surface area contributed by atoms with E-state index in [2.05, 4.69) is 32.7 Å². The lowest BCUT2D eigenvalue weighted by molar-refractivity contribution is 0.0656. The van der Waals surface area contributed by atoms with Crippen LogP contribution in [0.15, 0.2) is 24.7 Å². The first-order valence-corrected chi connectivity index (χ1v) is 9.49. The van der Waals surface area contributed by atoms with Gasteiger partial charge in [0.25, 0.3) is 0 Å². The monoisotopic (exact) mass is 343 g/mol. The van der Waals surface area contributed by atoms with Crippen LogP contribution in [0.3, 0.4) is 0 Å². The van der Waals surface area contributed by atoms with Crippen molar-refractivity contribution in [1.82, 2.24) is 24.2 Å². The molecule has 6 nitrogen and oxygen atoms in total. The lowest BCUT2D eigenvalue weighted by Gasteiger charge is -2.34. The van der Waals surface area contributed by atoms with Gasteiger partial charge in [0.1, 0.15) is 11.9 Å². The summed E-state index contributed by atoms with van der Waals surface area (Å²) in [5.74, 6) is 2.57. The molecule has 2 aromatic rings. The Hall–Kier alpha value is -1.66. The molecule has 4 heterocycles. The van der Waals surface area contributed by atoms with Crippen molar-refractivity contribution in [2.24, 2.45) is 25.9 Å². The van der Waals surface area contributed by atoms with Gasteiger partial charge in [0.05, 0.1) is 5.69 Å². The van der Waals surface area contributed by atoms with E-state index in [1.807, 2.05) is 30.3 Å². The van der Waals surface area contributed by atoms with Gasteiger partial charge in [-0.3, -0.25) is 4.68 Å². The molecular formula is C19H29N5O. The number of ether oxygens (including phenoxy) is 1. The average molecular weight is 343 g/mol. The second kappa shape index (κ2) is 7.30. The van der Waals surface area contributed by atoms with Crippen molar-refractivity contribution in [2.45, 2.75) is 31.8 Å². The van der Waals surface area contributed by atoms with Crippen LogP contribution < -0.4 is 0 Å². The molecule has 25 heavy (non-hydrogen) atoms. The van der Waals surface area contributed by atoms with Gasteiger partial charge in [0.2, 0.25) is 0 Å². The van der Waals surface area contributed by atoms with Crippen LogP contribution in [0.1, 0.15) is 36.9 Å². The Bertz CT molecular complexity index is 686. The van der Waals surface area contributed by atoms with Gasteiger partial charge in [-0.05, 0) is 44.3 Å². The van der Waals surface area contributed by atoms with Crippen LogP contribution in [0.25, 0.3) is 0 Å². The van der Waals surface area contributed by atoms with Gasteiger partial charge in [-0.25, -0.2) is 4.98 Å². The molecular weight excluding hydrogens is 314 g/mol. The Kier molecular flexibility index (Phi) is 4.90. The molecule has 2 aromatic heterocycles. The highest BCUT2D eigenvalue weighted by Gasteiger charge is 2.33. The van der Waals surface area contributed by atoms with E-state index in [-0.39, 0.29) is 6.10 Å². The van der Waals surface area contributed by atoms with Gasteiger partial charge < -0.3 is 14.2 Å². The Morgan fingerprint density at radius 2 is 2.00 bits per heavy atom. The summed E-state index contributed by atoms with van der Waals surface area (Å²) in [5.41, 5.74) is 1.21. The predicted molar refractivity (Wildman–Crippen MR) is 96.1 cm³/mol. The van der Waals surface area contributed by atoms with Gasteiger partial charge in [0, 0.05) is 58.2 Å². The summed E-state index contributed by atoms with van der Waals surface area (Å²) in [6.07, 6.45) is 10.8. The van der Waals surface area contributed by atoms with Crippen molar-refractivity contribution in [2.75, 3.05) is 26.2 Å². The number of aromatic nitrogens is 4. The van der Waals surface area contributed by atoms with Crippen LogP contribution in [0, 0.1) is 11.8 Å². The molecule has 136 valence electrons. The van der Waals surface area contributed by atoms with E-state index < -0.39 is 0 Å². The van der Waals surface area contributed by atoms with Gasteiger partial charge >= 0.3 is 0 Å². The molecule has 2 atom stereocenters. The zero-order chi connectivity index (χ0) is 17.2. The molecule has 4 rings (SSSR count). The molecule has 2 aliphatic heterocycles. The largest absolute Gasteiger partial charge is 0.372 e. The molecule has 0 spiro atoms. The second-order valence-electron chi connectivity index (χ2n) is 7.62. The van der Waals surface area contributed by atoms with Gasteiger partial charge in [-0.1, -0.05) is 0 Å². The van der Waals surface area contributed by atoms with E-state index >= 15 is 0 Å². The van der Waals surface area contributed by atoms with E-state index in [9.17, 15) is 0 Å². The van der Waals surface area contributed by atoms with Crippen LogP contribution in [0.4, 0.5) is 0 Å². The first-order chi connectivity index (χ1) is 12.2. The minimum atomic E-state index is 0.206. The fourth-order valence-corrected chi connectivity index (χ4v) is 4.37. The molecule has 0 radical (unpaired) electrons. The maximum Gasteiger partial charge on any atom is 0.108 e. The average Bonchev–Trinajstić information content (AvgIpc) is 3.32. The highest BCUT2D eigenvalue weighted by molar-refractivity contribution is 5.08. The van der Waals surface area contributed by atoms with Crippen molar-refractivity contribution in [3.63, 3.8) is 0 Å². The molecule has 2 saturated heterocycles. The van der Waals surface area contributed by atoms with E-state index in [1.54, 1.807) is 0 Å². The maximum absolute atomic E-state index is 6.04. The third-order valence-corrected chi connectivity index (χ3v) is 5.96. The van der Waals surface area contributed by atoms with E-state index in [4.69, 9.17) is 4.74 Å². The Labute approximate surface area is 149 Å². The minimum Gasteiger partial charge on any atom is -0.372 e. The molecule has 0 N–H and O–H groups in total. The molecule has 2 fully saturated rings. The van der Waals surface area contributed by atoms with Crippen LogP contribution in [0.5, 0.6) is 0 Å². The molecule has 0 aromatic carbocycles. The maximum atomic E-state index is 6.04. The molecule has 2 aliphatic rings. The summed E-state index contributed by atoms with van der Waals surface area (Å²) in [4.78, 5) is 7.12. The number of aryl methyl sites for hydroxylation is 2. The fourth-order valence-electron chi connectivity index (χ4n) is 4.37. The summed E-state index contributed by atoms with van der Waals surface area (Å²) in [6, 6.07) is 2.10. The van der Waals surface area contributed by atoms with Crippen LogP contribution in [-0.4, -0.2) is 50.5 Å². The van der Waals surface area contributed by atoms with Crippen molar-refractivity contribution in [3.05, 3.63) is 36.2 Å². The quantitative estimate of drug-likeness (QED) is 0.835. The summed E-state index contributed by atoms with van der Waals surface area (Å²) in [6.45, 7) is 4.41. The molecule has 0 bridgehead atoms. The number of likely N-dealkylation sites (tertiary alicyclic amines) is 1. The highest BCUT2D eigenvalue weighted by atomic mass is 16.5. The number of hydrogen-bond acceptors (Lipinski definition) is 4. The van der Waals surface area contributed by atoms with Gasteiger partial charge in [-0.15, -0.1) is 0 Å². The van der Waals surface area contributed by atoms with Crippen molar-refractivity contribution < 1.29 is 4.74 Å². The van der Waals surface area contributed by atoms with E-state index in [0.717, 1.165) is 31.9 Å². The Morgan fingerprint density at radius 3 is 2.68 bits per heavy atom. The minimum absolute atomic E-state index is 0.206. The zero-order valence-corrected chi connectivity index (χ0v) is 15.3. The summed E-state index contributed by atoms with van der Waals surface area (Å²) >= 11 is 0. The van der Waals surface area contributed by atoms with E-state index in [0.29, 0.717) is 5.92 Å². The lowest BCUT2D eigenvalue weighted by Crippen LogP contribution is -2.38. The van der Waals surface area contributed by atoms with Crippen molar-refractivity contribution in [1.29, 1.82) is 0 Å². The Morgan fingerprint density at radius 1 is 1.16 bits per heavy atom. The van der Waals surface area contributed by atoms with Gasteiger partial charge in [-0.2, -0.15) is 5.10 Å². The molecule has 0 aliphatic carbocycles. The van der Waals surface area contributed by atoms with Crippen LogP contribution in [0.2, 0.25) is 0 Å². The SMILES string of the molecule is Cn1ccnc1CC1CCN(C[C@@H]2CCO[C@H]2c2ccnn2C)CC1. The van der Waals surface area contributed by atoms with Crippen molar-refractivity contribution in [3.8, 4) is 0 Å². The lowest BCUT2D eigenvalue weighted by atomic mass is 9.91. The summed E-state index contributed by atoms with van der Waals surface area (Å²) < 4.78 is 10.2. The third kappa shape index (κ3) is 3.65. The van der Waals surface area contributed by atoms with Crippen LogP contribution in [-0.2, 0) is 25.3 Å². The second-order valence-corrected chi connectivity index (χ2v) is 7.62. The predicted octanol–water partition coefficient (Wildman–Crippen LogP) is 2.19. The number of piperidine rings is 1. The van der Waals surface area contributed by atoms with Gasteiger partial charge in [0.15, 0.2) is 0 Å². The molecule has 0 saturated carbocycles. The highest BCUT2D eigenvalue weighted by Crippen LogP contribution is 2.35. The van der Waals surface area contributed by atoms with Crippen molar-refractivity contribution >= 4 is 0 Å². The first-order valence-electron chi connectivity index (χ1n) is 9.49. The fraction of sp³-hybridized carbons (Fsp3) is 0.684. The number of imidazole rings is 1. The normalized spacial score (nSPS) is 25.7. The standard InChI is InChI=1S/C19H29N5O/c1-22-11-8-20-18(22)13-15-4-9-24(10-5-15)14-16-6-12-25-19(16)17-3-7-21-23(17)2/h3,7-8,11,15-16,19H,4-6,9-10,12-14H2,1-2H3/t16-,19+/m0/s1. The zero-order valence-electron chi connectivity index (χ0n) is 15.3.